The Balaban J connectivity index is 2.00. The zero-order valence-corrected chi connectivity index (χ0v) is 14.8. The summed E-state index contributed by atoms with van der Waals surface area (Å²) in [6.45, 7) is 10.9. The van der Waals surface area contributed by atoms with Crippen LogP contribution in [0.5, 0.6) is 0 Å². The van der Waals surface area contributed by atoms with Crippen LogP contribution in [0.15, 0.2) is 24.3 Å². The lowest BCUT2D eigenvalue weighted by atomic mass is 10.1. The molecule has 0 radical (unpaired) electrons. The first kappa shape index (κ1) is 18.7. The van der Waals surface area contributed by atoms with Crippen LogP contribution in [0.4, 0.5) is 9.18 Å². The molecule has 1 aliphatic heterocycles. The summed E-state index contributed by atoms with van der Waals surface area (Å²) in [5.41, 5.74) is 0.483. The third kappa shape index (κ3) is 6.45. The molecule has 0 saturated carbocycles. The third-order valence-corrected chi connectivity index (χ3v) is 3.82. The van der Waals surface area contributed by atoms with Gasteiger partial charge in [-0.1, -0.05) is 12.1 Å². The van der Waals surface area contributed by atoms with Gasteiger partial charge >= 0.3 is 6.03 Å². The Hall–Kier alpha value is -1.66. The molecule has 0 spiro atoms. The molecule has 1 heterocycles. The number of ether oxygens (including phenoxy) is 1. The highest BCUT2D eigenvalue weighted by Gasteiger charge is 2.21. The van der Waals surface area contributed by atoms with Crippen LogP contribution in [0.1, 0.15) is 26.3 Å². The van der Waals surface area contributed by atoms with Crippen LogP contribution in [-0.2, 0) is 11.3 Å². The number of benzene rings is 1. The Morgan fingerprint density at radius 3 is 2.67 bits per heavy atom. The fourth-order valence-electron chi connectivity index (χ4n) is 2.59. The molecule has 2 rings (SSSR count). The Morgan fingerprint density at radius 1 is 1.33 bits per heavy atom. The fourth-order valence-corrected chi connectivity index (χ4v) is 2.59. The fraction of sp³-hybridized carbons (Fsp3) is 0.611. The molecule has 0 unspecified atom stereocenters. The van der Waals surface area contributed by atoms with E-state index >= 15 is 0 Å². The van der Waals surface area contributed by atoms with Gasteiger partial charge in [-0.25, -0.2) is 9.18 Å². The average molecular weight is 337 g/mol. The SMILES string of the molecule is CC(C)(C)NC(=O)N(CCN1CCOCC1)Cc1cccc(F)c1. The van der Waals surface area contributed by atoms with Gasteiger partial charge in [0.2, 0.25) is 0 Å². The number of nitrogens with zero attached hydrogens (tertiary/aromatic N) is 2. The summed E-state index contributed by atoms with van der Waals surface area (Å²) >= 11 is 0. The Kier molecular flexibility index (Phi) is 6.57. The quantitative estimate of drug-likeness (QED) is 0.898. The summed E-state index contributed by atoms with van der Waals surface area (Å²) < 4.78 is 18.8. The number of carbonyl (C=O) groups is 1. The monoisotopic (exact) mass is 337 g/mol. The van der Waals surface area contributed by atoms with Crippen molar-refractivity contribution >= 4 is 6.03 Å². The zero-order chi connectivity index (χ0) is 17.6. The molecule has 1 aromatic carbocycles. The van der Waals surface area contributed by atoms with Crippen molar-refractivity contribution in [1.29, 1.82) is 0 Å². The minimum atomic E-state index is -0.309. The maximum Gasteiger partial charge on any atom is 0.318 e. The van der Waals surface area contributed by atoms with E-state index in [0.717, 1.165) is 38.4 Å². The molecule has 0 bridgehead atoms. The van der Waals surface area contributed by atoms with Gasteiger partial charge in [0, 0.05) is 38.3 Å². The molecule has 5 nitrogen and oxygen atoms in total. The van der Waals surface area contributed by atoms with Crippen molar-refractivity contribution in [2.24, 2.45) is 0 Å². The first-order valence-corrected chi connectivity index (χ1v) is 8.45. The van der Waals surface area contributed by atoms with Gasteiger partial charge in [0.15, 0.2) is 0 Å². The van der Waals surface area contributed by atoms with Gasteiger partial charge in [-0.3, -0.25) is 4.90 Å². The smallest absolute Gasteiger partial charge is 0.318 e. The van der Waals surface area contributed by atoms with E-state index in [1.165, 1.54) is 12.1 Å². The average Bonchev–Trinajstić information content (AvgIpc) is 2.50. The maximum atomic E-state index is 13.4. The van der Waals surface area contributed by atoms with E-state index < -0.39 is 0 Å². The molecule has 2 amide bonds. The lowest BCUT2D eigenvalue weighted by Crippen LogP contribution is -2.50. The normalized spacial score (nSPS) is 16.0. The summed E-state index contributed by atoms with van der Waals surface area (Å²) in [5, 5.41) is 2.99. The lowest BCUT2D eigenvalue weighted by molar-refractivity contribution is 0.0345. The van der Waals surface area contributed by atoms with Gasteiger partial charge in [0.25, 0.3) is 0 Å². The van der Waals surface area contributed by atoms with Crippen molar-refractivity contribution in [2.75, 3.05) is 39.4 Å². The van der Waals surface area contributed by atoms with Gasteiger partial charge in [0.1, 0.15) is 5.82 Å². The number of rotatable bonds is 5. The van der Waals surface area contributed by atoms with Crippen molar-refractivity contribution in [3.63, 3.8) is 0 Å². The summed E-state index contributed by atoms with van der Waals surface area (Å²) in [6.07, 6.45) is 0. The van der Waals surface area contributed by atoms with Gasteiger partial charge in [-0.05, 0) is 38.5 Å². The minimum absolute atomic E-state index is 0.125. The Bertz CT molecular complexity index is 539. The molecule has 1 N–H and O–H groups in total. The summed E-state index contributed by atoms with van der Waals surface area (Å²) in [7, 11) is 0. The number of carbonyl (C=O) groups excluding carboxylic acids is 1. The van der Waals surface area contributed by atoms with E-state index in [1.54, 1.807) is 11.0 Å². The van der Waals surface area contributed by atoms with E-state index in [-0.39, 0.29) is 17.4 Å². The van der Waals surface area contributed by atoms with Crippen LogP contribution in [0.2, 0.25) is 0 Å². The number of amides is 2. The first-order valence-electron chi connectivity index (χ1n) is 8.45. The molecule has 1 aliphatic rings. The molecule has 24 heavy (non-hydrogen) atoms. The number of urea groups is 1. The summed E-state index contributed by atoms with van der Waals surface area (Å²) in [5.74, 6) is -0.281. The van der Waals surface area contributed by atoms with Crippen LogP contribution in [0.3, 0.4) is 0 Å². The standard InChI is InChI=1S/C18H28FN3O2/c1-18(2,3)20-17(23)22(8-7-21-9-11-24-12-10-21)14-15-5-4-6-16(19)13-15/h4-6,13H,7-12,14H2,1-3H3,(H,20,23). The topological polar surface area (TPSA) is 44.8 Å². The van der Waals surface area contributed by atoms with Crippen LogP contribution in [0.25, 0.3) is 0 Å². The molecular weight excluding hydrogens is 309 g/mol. The van der Waals surface area contributed by atoms with Crippen LogP contribution in [-0.4, -0.2) is 60.8 Å². The van der Waals surface area contributed by atoms with E-state index in [9.17, 15) is 9.18 Å². The Labute approximate surface area is 143 Å². The minimum Gasteiger partial charge on any atom is -0.379 e. The molecule has 0 aromatic heterocycles. The van der Waals surface area contributed by atoms with Crippen molar-refractivity contribution < 1.29 is 13.9 Å². The van der Waals surface area contributed by atoms with Crippen molar-refractivity contribution in [3.05, 3.63) is 35.6 Å². The highest BCUT2D eigenvalue weighted by atomic mass is 19.1. The second-order valence-corrected chi connectivity index (χ2v) is 7.19. The van der Waals surface area contributed by atoms with Gasteiger partial charge in [-0.15, -0.1) is 0 Å². The van der Waals surface area contributed by atoms with E-state index in [1.807, 2.05) is 26.8 Å². The van der Waals surface area contributed by atoms with Crippen molar-refractivity contribution in [3.8, 4) is 0 Å². The molecular formula is C18H28FN3O2. The predicted octanol–water partition coefficient (Wildman–Crippen LogP) is 2.47. The number of halogens is 1. The first-order chi connectivity index (χ1) is 11.3. The van der Waals surface area contributed by atoms with Gasteiger partial charge in [-0.2, -0.15) is 0 Å². The number of nitrogens with one attached hydrogen (secondary N) is 1. The number of hydrogen-bond donors (Lipinski definition) is 1. The van der Waals surface area contributed by atoms with Crippen LogP contribution >= 0.6 is 0 Å². The second-order valence-electron chi connectivity index (χ2n) is 7.19. The lowest BCUT2D eigenvalue weighted by Gasteiger charge is -2.32. The molecule has 0 aliphatic carbocycles. The van der Waals surface area contributed by atoms with Gasteiger partial charge < -0.3 is 15.0 Å². The second kappa shape index (κ2) is 8.44. The zero-order valence-electron chi connectivity index (χ0n) is 14.8. The van der Waals surface area contributed by atoms with Crippen molar-refractivity contribution in [1.82, 2.24) is 15.1 Å². The predicted molar refractivity (Wildman–Crippen MR) is 92.4 cm³/mol. The molecule has 1 fully saturated rings. The van der Waals surface area contributed by atoms with E-state index in [4.69, 9.17) is 4.74 Å². The van der Waals surface area contributed by atoms with Crippen LogP contribution in [0, 0.1) is 5.82 Å². The summed E-state index contributed by atoms with van der Waals surface area (Å²) in [4.78, 5) is 16.6. The summed E-state index contributed by atoms with van der Waals surface area (Å²) in [6, 6.07) is 6.28. The highest BCUT2D eigenvalue weighted by Crippen LogP contribution is 2.10. The number of morpholine rings is 1. The maximum absolute atomic E-state index is 13.4. The molecule has 1 saturated heterocycles. The van der Waals surface area contributed by atoms with E-state index in [2.05, 4.69) is 10.2 Å². The Morgan fingerprint density at radius 2 is 2.04 bits per heavy atom. The highest BCUT2D eigenvalue weighted by molar-refractivity contribution is 5.75. The molecule has 0 atom stereocenters. The van der Waals surface area contributed by atoms with E-state index in [0.29, 0.717) is 13.1 Å². The third-order valence-electron chi connectivity index (χ3n) is 3.82. The number of hydrogen-bond acceptors (Lipinski definition) is 3. The largest absolute Gasteiger partial charge is 0.379 e. The van der Waals surface area contributed by atoms with Crippen LogP contribution < -0.4 is 5.32 Å². The molecule has 6 heteroatoms. The van der Waals surface area contributed by atoms with Crippen molar-refractivity contribution in [2.45, 2.75) is 32.9 Å². The molecule has 1 aromatic rings. The molecule has 134 valence electrons. The van der Waals surface area contributed by atoms with Gasteiger partial charge in [0.05, 0.1) is 13.2 Å².